The minimum absolute atomic E-state index is 0.0828. The number of halogens is 1. The number of carbonyl (C=O) groups excluding carboxylic acids is 1. The number of nitrogens with one attached hydrogen (secondary N) is 1. The minimum atomic E-state index is -0.357. The molecule has 2 heterocycles. The van der Waals surface area contributed by atoms with Crippen LogP contribution in [0.25, 0.3) is 11.4 Å². The average Bonchev–Trinajstić information content (AvgIpc) is 3.21. The molecule has 0 fully saturated rings. The van der Waals surface area contributed by atoms with Gasteiger partial charge < -0.3 is 14.6 Å². The monoisotopic (exact) mass is 458 g/mol. The van der Waals surface area contributed by atoms with Crippen molar-refractivity contribution in [2.45, 2.75) is 32.7 Å². The summed E-state index contributed by atoms with van der Waals surface area (Å²) in [5.74, 6) is 1.62. The highest BCUT2D eigenvalue weighted by molar-refractivity contribution is 9.10. The lowest BCUT2D eigenvalue weighted by Gasteiger charge is -2.18. The summed E-state index contributed by atoms with van der Waals surface area (Å²) in [4.78, 5) is 20.9. The number of hydrogen-bond acceptors (Lipinski definition) is 6. The second-order valence-corrected chi connectivity index (χ2v) is 7.72. The molecule has 3 aromatic rings. The number of nitrogens with zero attached hydrogens (tertiary/aromatic N) is 3. The van der Waals surface area contributed by atoms with Crippen molar-refractivity contribution in [2.75, 3.05) is 6.61 Å². The quantitative estimate of drug-likeness (QED) is 0.472. The van der Waals surface area contributed by atoms with Gasteiger partial charge in [-0.2, -0.15) is 4.98 Å². The smallest absolute Gasteiger partial charge is 0.249 e. The van der Waals surface area contributed by atoms with Crippen LogP contribution in [0.15, 0.2) is 57.8 Å². The second kappa shape index (κ2) is 10.2. The summed E-state index contributed by atoms with van der Waals surface area (Å²) in [6.07, 6.45) is 4.30. The van der Waals surface area contributed by atoms with E-state index in [1.807, 2.05) is 50.2 Å². The van der Waals surface area contributed by atoms with Gasteiger partial charge in [0.25, 0.3) is 0 Å². The molecule has 0 aliphatic carbocycles. The maximum absolute atomic E-state index is 12.4. The van der Waals surface area contributed by atoms with E-state index in [2.05, 4.69) is 36.4 Å². The number of amides is 1. The van der Waals surface area contributed by atoms with Gasteiger partial charge in [-0.05, 0) is 52.5 Å². The fraction of sp³-hybridized carbons (Fsp3) is 0.333. The topological polar surface area (TPSA) is 90.1 Å². The third kappa shape index (κ3) is 5.87. The van der Waals surface area contributed by atoms with Crippen molar-refractivity contribution in [3.8, 4) is 17.1 Å². The van der Waals surface area contributed by atoms with Gasteiger partial charge in [0.1, 0.15) is 11.8 Å². The minimum Gasteiger partial charge on any atom is -0.492 e. The van der Waals surface area contributed by atoms with E-state index in [1.165, 1.54) is 0 Å². The Morgan fingerprint density at radius 2 is 2.07 bits per heavy atom. The van der Waals surface area contributed by atoms with Crippen LogP contribution < -0.4 is 10.1 Å². The molecule has 1 amide bonds. The predicted molar refractivity (Wildman–Crippen MR) is 112 cm³/mol. The van der Waals surface area contributed by atoms with Crippen LogP contribution in [0.3, 0.4) is 0 Å². The number of rotatable bonds is 9. The van der Waals surface area contributed by atoms with Crippen LogP contribution in [-0.4, -0.2) is 27.6 Å². The highest BCUT2D eigenvalue weighted by Gasteiger charge is 2.24. The number of pyridine rings is 1. The predicted octanol–water partition coefficient (Wildman–Crippen LogP) is 4.57. The molecular formula is C21H23BrN4O3. The van der Waals surface area contributed by atoms with E-state index < -0.39 is 0 Å². The summed E-state index contributed by atoms with van der Waals surface area (Å²) in [6.45, 7) is 4.44. The van der Waals surface area contributed by atoms with E-state index in [0.29, 0.717) is 31.2 Å². The Morgan fingerprint density at radius 3 is 2.79 bits per heavy atom. The average molecular weight is 459 g/mol. The summed E-state index contributed by atoms with van der Waals surface area (Å²) in [5, 5.41) is 7.00. The van der Waals surface area contributed by atoms with Crippen molar-refractivity contribution in [3.05, 3.63) is 59.2 Å². The van der Waals surface area contributed by atoms with E-state index in [4.69, 9.17) is 9.26 Å². The summed E-state index contributed by atoms with van der Waals surface area (Å²) in [5.41, 5.74) is 0.764. The van der Waals surface area contributed by atoms with Crippen LogP contribution in [-0.2, 0) is 4.79 Å². The molecule has 3 rings (SSSR count). The van der Waals surface area contributed by atoms with E-state index >= 15 is 0 Å². The van der Waals surface area contributed by atoms with Gasteiger partial charge in [0, 0.05) is 24.4 Å². The number of carbonyl (C=O) groups is 1. The SMILES string of the molecule is CC(C)C(NC(=O)CCCOc1ccccc1Br)c1nc(-c2cccnc2)no1. The number of aromatic nitrogens is 3. The molecule has 29 heavy (non-hydrogen) atoms. The maximum atomic E-state index is 12.4. The first-order valence-corrected chi connectivity index (χ1v) is 10.2. The fourth-order valence-corrected chi connectivity index (χ4v) is 3.11. The fourth-order valence-electron chi connectivity index (χ4n) is 2.71. The summed E-state index contributed by atoms with van der Waals surface area (Å²) >= 11 is 3.44. The van der Waals surface area contributed by atoms with Crippen molar-refractivity contribution >= 4 is 21.8 Å². The molecular weight excluding hydrogens is 436 g/mol. The first kappa shape index (κ1) is 21.0. The van der Waals surface area contributed by atoms with E-state index in [0.717, 1.165) is 15.8 Å². The molecule has 0 saturated carbocycles. The molecule has 1 unspecified atom stereocenters. The Morgan fingerprint density at radius 1 is 1.24 bits per heavy atom. The molecule has 0 aliphatic heterocycles. The Balaban J connectivity index is 1.53. The molecule has 152 valence electrons. The van der Waals surface area contributed by atoms with Gasteiger partial charge >= 0.3 is 0 Å². The summed E-state index contributed by atoms with van der Waals surface area (Å²) in [6, 6.07) is 10.9. The lowest BCUT2D eigenvalue weighted by molar-refractivity contribution is -0.122. The zero-order valence-corrected chi connectivity index (χ0v) is 17.9. The van der Waals surface area contributed by atoms with Crippen molar-refractivity contribution in [3.63, 3.8) is 0 Å². The van der Waals surface area contributed by atoms with Crippen LogP contribution in [0.5, 0.6) is 5.75 Å². The van der Waals surface area contributed by atoms with Gasteiger partial charge in [0.05, 0.1) is 11.1 Å². The largest absolute Gasteiger partial charge is 0.492 e. The van der Waals surface area contributed by atoms with Crippen molar-refractivity contribution in [1.29, 1.82) is 0 Å². The molecule has 0 aliphatic rings. The van der Waals surface area contributed by atoms with Crippen molar-refractivity contribution in [2.24, 2.45) is 5.92 Å². The van der Waals surface area contributed by atoms with Crippen LogP contribution in [0.1, 0.15) is 38.6 Å². The zero-order valence-electron chi connectivity index (χ0n) is 16.3. The lowest BCUT2D eigenvalue weighted by atomic mass is 10.0. The zero-order chi connectivity index (χ0) is 20.6. The first-order valence-electron chi connectivity index (χ1n) is 9.45. The second-order valence-electron chi connectivity index (χ2n) is 6.87. The number of ether oxygens (including phenoxy) is 1. The van der Waals surface area contributed by atoms with Gasteiger partial charge in [-0.1, -0.05) is 31.1 Å². The third-order valence-corrected chi connectivity index (χ3v) is 4.91. The van der Waals surface area contributed by atoms with Gasteiger partial charge in [-0.25, -0.2) is 0 Å². The molecule has 1 aromatic carbocycles. The summed E-state index contributed by atoms with van der Waals surface area (Å²) in [7, 11) is 0. The first-order chi connectivity index (χ1) is 14.0. The highest BCUT2D eigenvalue weighted by Crippen LogP contribution is 2.25. The molecule has 1 atom stereocenters. The Hall–Kier alpha value is -2.74. The lowest BCUT2D eigenvalue weighted by Crippen LogP contribution is -2.32. The van der Waals surface area contributed by atoms with Crippen LogP contribution in [0.2, 0.25) is 0 Å². The van der Waals surface area contributed by atoms with Crippen LogP contribution in [0, 0.1) is 5.92 Å². The molecule has 0 spiro atoms. The number of benzene rings is 1. The van der Waals surface area contributed by atoms with Gasteiger partial charge in [0.15, 0.2) is 0 Å². The maximum Gasteiger partial charge on any atom is 0.249 e. The highest BCUT2D eigenvalue weighted by atomic mass is 79.9. The number of hydrogen-bond donors (Lipinski definition) is 1. The normalized spacial score (nSPS) is 12.0. The molecule has 1 N–H and O–H groups in total. The van der Waals surface area contributed by atoms with Crippen LogP contribution >= 0.6 is 15.9 Å². The molecule has 0 bridgehead atoms. The Kier molecular flexibility index (Phi) is 7.35. The van der Waals surface area contributed by atoms with E-state index in [9.17, 15) is 4.79 Å². The van der Waals surface area contributed by atoms with E-state index in [1.54, 1.807) is 12.4 Å². The van der Waals surface area contributed by atoms with Gasteiger partial charge in [-0.3, -0.25) is 9.78 Å². The molecule has 7 nitrogen and oxygen atoms in total. The molecule has 2 aromatic heterocycles. The summed E-state index contributed by atoms with van der Waals surface area (Å²) < 4.78 is 12.0. The van der Waals surface area contributed by atoms with Crippen LogP contribution in [0.4, 0.5) is 0 Å². The van der Waals surface area contributed by atoms with Crippen molar-refractivity contribution < 1.29 is 14.1 Å². The Labute approximate surface area is 178 Å². The van der Waals surface area contributed by atoms with Gasteiger partial charge in [-0.15, -0.1) is 0 Å². The molecule has 8 heteroatoms. The molecule has 0 saturated heterocycles. The van der Waals surface area contributed by atoms with Gasteiger partial charge in [0.2, 0.25) is 17.6 Å². The standard InChI is InChI=1S/C21H23BrN4O3/c1-14(2)19(21-25-20(26-29-21)15-7-5-11-23-13-15)24-18(27)10-6-12-28-17-9-4-3-8-16(17)22/h3-5,7-9,11,13-14,19H,6,10,12H2,1-2H3,(H,24,27). The Bertz CT molecular complexity index is 930. The molecule has 0 radical (unpaired) electrons. The third-order valence-electron chi connectivity index (χ3n) is 4.25. The van der Waals surface area contributed by atoms with E-state index in [-0.39, 0.29) is 17.9 Å². The van der Waals surface area contributed by atoms with Crippen molar-refractivity contribution in [1.82, 2.24) is 20.4 Å². The number of para-hydroxylation sites is 1.